The van der Waals surface area contributed by atoms with Crippen LogP contribution in [-0.2, 0) is 10.8 Å². The Morgan fingerprint density at radius 2 is 1.96 bits per heavy atom. The average molecular weight is 386 g/mol. The van der Waals surface area contributed by atoms with Gasteiger partial charge in [0, 0.05) is 10.9 Å². The van der Waals surface area contributed by atoms with Gasteiger partial charge in [-0.15, -0.1) is 0 Å². The number of fused-ring (bicyclic) bond motifs is 3. The minimum Gasteiger partial charge on any atom is -0.496 e. The summed E-state index contributed by atoms with van der Waals surface area (Å²) in [5, 5.41) is 2.07. The quantitative estimate of drug-likeness (QED) is 0.467. The Morgan fingerprint density at radius 1 is 1.22 bits per heavy atom. The molecule has 0 bridgehead atoms. The lowest BCUT2D eigenvalue weighted by Crippen LogP contribution is -2.34. The van der Waals surface area contributed by atoms with Crippen molar-refractivity contribution in [2.45, 2.75) is 64.8 Å². The van der Waals surface area contributed by atoms with Crippen LogP contribution in [0.1, 0.15) is 61.2 Å². The Balaban J connectivity index is 2.29. The minimum absolute atomic E-state index is 0.185. The normalized spacial score (nSPS) is 17.8. The van der Waals surface area contributed by atoms with E-state index in [9.17, 15) is 4.79 Å². The number of hydrogen-bond acceptors (Lipinski definition) is 4. The van der Waals surface area contributed by atoms with E-state index in [-0.39, 0.29) is 6.10 Å². The summed E-state index contributed by atoms with van der Waals surface area (Å²) in [4.78, 5) is 11.6. The van der Waals surface area contributed by atoms with Crippen LogP contribution in [0.15, 0.2) is 18.2 Å². The zero-order valence-corrected chi connectivity index (χ0v) is 18.1. The van der Waals surface area contributed by atoms with Gasteiger partial charge >= 0.3 is 0 Å². The molecule has 0 N–H and O–H groups in total. The topological polar surface area (TPSA) is 44.8 Å². The van der Waals surface area contributed by atoms with Gasteiger partial charge in [-0.1, -0.05) is 13.3 Å². The summed E-state index contributed by atoms with van der Waals surface area (Å²) in [6, 6.07) is 6.01. The second-order valence-electron chi connectivity index (χ2n) is 7.93. The van der Waals surface area contributed by atoms with E-state index in [1.54, 1.807) is 7.11 Å². The maximum Gasteiger partial charge on any atom is 0.206 e. The summed E-state index contributed by atoms with van der Waals surface area (Å²) < 4.78 is 18.5. The molecule has 0 aromatic heterocycles. The first-order chi connectivity index (χ1) is 12.8. The van der Waals surface area contributed by atoms with Gasteiger partial charge in [0.25, 0.3) is 0 Å². The fraction of sp³-hybridized carbons (Fsp3) is 0.500. The van der Waals surface area contributed by atoms with Crippen molar-refractivity contribution in [2.75, 3.05) is 7.11 Å². The van der Waals surface area contributed by atoms with E-state index in [2.05, 4.69) is 39.9 Å². The molecule has 3 rings (SSSR count). The van der Waals surface area contributed by atoms with Crippen LogP contribution in [0.4, 0.5) is 0 Å². The molecular weight excluding hydrogens is 356 g/mol. The zero-order chi connectivity index (χ0) is 19.8. The van der Waals surface area contributed by atoms with Crippen LogP contribution in [0.3, 0.4) is 0 Å². The Kier molecular flexibility index (Phi) is 5.63. The fourth-order valence-corrected chi connectivity index (χ4v) is 4.71. The van der Waals surface area contributed by atoms with Crippen LogP contribution in [0.2, 0.25) is 13.1 Å². The maximum absolute atomic E-state index is 11.6. The smallest absolute Gasteiger partial charge is 0.206 e. The molecule has 1 unspecified atom stereocenters. The molecule has 2 aromatic rings. The highest BCUT2D eigenvalue weighted by molar-refractivity contribution is 6.48. The standard InChI is InChI=1S/C22H29O4Si/c1-7-8-9-15-10-14(13-23)11-17-16(15)12-18(24-4)19-20(17)25-22(2,3)21(19)26-27(5)6/h10-13,21H,7-9H2,1-6H3. The number of methoxy groups -OCH3 is 1. The molecule has 0 spiro atoms. The van der Waals surface area contributed by atoms with Gasteiger partial charge in [-0.25, -0.2) is 0 Å². The zero-order valence-electron chi connectivity index (χ0n) is 17.1. The van der Waals surface area contributed by atoms with Crippen molar-refractivity contribution in [3.05, 3.63) is 34.9 Å². The highest BCUT2D eigenvalue weighted by Gasteiger charge is 2.45. The number of hydrogen-bond donors (Lipinski definition) is 0. The van der Waals surface area contributed by atoms with Crippen molar-refractivity contribution in [3.63, 3.8) is 0 Å². The number of carbonyl (C=O) groups excluding carboxylic acids is 1. The van der Waals surface area contributed by atoms with Gasteiger partial charge in [0.2, 0.25) is 9.04 Å². The summed E-state index contributed by atoms with van der Waals surface area (Å²) in [7, 11) is 0.763. The largest absolute Gasteiger partial charge is 0.496 e. The van der Waals surface area contributed by atoms with Crippen molar-refractivity contribution < 1.29 is 18.7 Å². The van der Waals surface area contributed by atoms with Crippen LogP contribution in [-0.4, -0.2) is 28.0 Å². The maximum atomic E-state index is 11.6. The Morgan fingerprint density at radius 3 is 2.56 bits per heavy atom. The molecule has 1 atom stereocenters. The molecule has 0 amide bonds. The highest BCUT2D eigenvalue weighted by Crippen LogP contribution is 2.53. The van der Waals surface area contributed by atoms with E-state index >= 15 is 0 Å². The summed E-state index contributed by atoms with van der Waals surface area (Å²) in [6.07, 6.45) is 3.84. The van der Waals surface area contributed by atoms with Crippen molar-refractivity contribution >= 4 is 26.1 Å². The Bertz CT molecular complexity index is 857. The molecule has 0 saturated carbocycles. The minimum atomic E-state index is -0.931. The summed E-state index contributed by atoms with van der Waals surface area (Å²) in [5.41, 5.74) is 2.32. The number of rotatable bonds is 7. The van der Waals surface area contributed by atoms with Crippen LogP contribution in [0, 0.1) is 0 Å². The number of unbranched alkanes of at least 4 members (excludes halogenated alkanes) is 1. The predicted octanol–water partition coefficient (Wildman–Crippen LogP) is 5.48. The van der Waals surface area contributed by atoms with E-state index in [4.69, 9.17) is 13.9 Å². The van der Waals surface area contributed by atoms with E-state index < -0.39 is 14.6 Å². The first kappa shape index (κ1) is 19.9. The molecule has 1 radical (unpaired) electrons. The molecule has 1 aliphatic rings. The predicted molar refractivity (Wildman–Crippen MR) is 111 cm³/mol. The van der Waals surface area contributed by atoms with E-state index in [0.717, 1.165) is 53.4 Å². The number of carbonyl (C=O) groups is 1. The third kappa shape index (κ3) is 3.63. The number of aldehydes is 1. The molecule has 1 aliphatic heterocycles. The fourth-order valence-electron chi connectivity index (χ4n) is 3.83. The number of aryl methyl sites for hydroxylation is 1. The van der Waals surface area contributed by atoms with Crippen molar-refractivity contribution in [3.8, 4) is 11.5 Å². The van der Waals surface area contributed by atoms with Gasteiger partial charge < -0.3 is 13.9 Å². The van der Waals surface area contributed by atoms with Crippen LogP contribution < -0.4 is 9.47 Å². The molecule has 0 fully saturated rings. The second-order valence-corrected chi connectivity index (χ2v) is 9.98. The Labute approximate surface area is 163 Å². The van der Waals surface area contributed by atoms with Crippen LogP contribution in [0.5, 0.6) is 11.5 Å². The summed E-state index contributed by atoms with van der Waals surface area (Å²) >= 11 is 0. The van der Waals surface area contributed by atoms with Crippen molar-refractivity contribution in [1.82, 2.24) is 0 Å². The molecule has 0 aliphatic carbocycles. The van der Waals surface area contributed by atoms with Gasteiger partial charge in [-0.05, 0) is 68.9 Å². The lowest BCUT2D eigenvalue weighted by Gasteiger charge is -2.28. The number of benzene rings is 2. The van der Waals surface area contributed by atoms with Gasteiger partial charge in [0.1, 0.15) is 29.5 Å². The molecule has 4 nitrogen and oxygen atoms in total. The van der Waals surface area contributed by atoms with Gasteiger partial charge in [0.05, 0.1) is 12.7 Å². The lowest BCUT2D eigenvalue weighted by atomic mass is 9.92. The molecule has 5 heteroatoms. The van der Waals surface area contributed by atoms with Gasteiger partial charge in [-0.2, -0.15) is 0 Å². The lowest BCUT2D eigenvalue weighted by molar-refractivity contribution is 0.0153. The van der Waals surface area contributed by atoms with Crippen LogP contribution >= 0.6 is 0 Å². The van der Waals surface area contributed by atoms with Gasteiger partial charge in [0.15, 0.2) is 0 Å². The third-order valence-corrected chi connectivity index (χ3v) is 5.79. The summed E-state index contributed by atoms with van der Waals surface area (Å²) in [6.45, 7) is 10.5. The second kappa shape index (κ2) is 7.64. The first-order valence-electron chi connectivity index (χ1n) is 9.60. The van der Waals surface area contributed by atoms with E-state index in [1.165, 1.54) is 5.56 Å². The number of ether oxygens (including phenoxy) is 2. The van der Waals surface area contributed by atoms with Crippen LogP contribution in [0.25, 0.3) is 10.8 Å². The van der Waals surface area contributed by atoms with Gasteiger partial charge in [-0.3, -0.25) is 4.79 Å². The molecular formula is C22H29O4Si. The Hall–Kier alpha value is -1.85. The first-order valence-corrected chi connectivity index (χ1v) is 12.0. The molecule has 1 heterocycles. The molecule has 0 saturated heterocycles. The van der Waals surface area contributed by atoms with Crippen molar-refractivity contribution in [2.24, 2.45) is 0 Å². The summed E-state index contributed by atoms with van der Waals surface area (Å²) in [5.74, 6) is 1.59. The van der Waals surface area contributed by atoms with Crippen molar-refractivity contribution in [1.29, 1.82) is 0 Å². The molecule has 2 aromatic carbocycles. The molecule has 145 valence electrons. The third-order valence-electron chi connectivity index (χ3n) is 5.09. The average Bonchev–Trinajstić information content (AvgIpc) is 2.89. The van der Waals surface area contributed by atoms with E-state index in [1.807, 2.05) is 12.1 Å². The highest BCUT2D eigenvalue weighted by atomic mass is 28.3. The molecule has 27 heavy (non-hydrogen) atoms. The van der Waals surface area contributed by atoms with E-state index in [0.29, 0.717) is 5.56 Å². The monoisotopic (exact) mass is 385 g/mol. The SMILES string of the molecule is CCCCc1cc(C=O)cc2c3c(c(OC)cc12)C(O[Si](C)C)C(C)(C)O3.